The minimum atomic E-state index is -1.13. The summed E-state index contributed by atoms with van der Waals surface area (Å²) in [5.74, 6) is -1.06. The normalized spacial score (nSPS) is 23.6. The third-order valence-electron chi connectivity index (χ3n) is 2.69. The molecule has 2 N–H and O–H groups in total. The van der Waals surface area contributed by atoms with E-state index in [1.807, 2.05) is 0 Å². The van der Waals surface area contributed by atoms with Crippen LogP contribution in [0.2, 0.25) is 0 Å². The number of amides is 1. The maximum atomic E-state index is 11.3. The van der Waals surface area contributed by atoms with Crippen molar-refractivity contribution in [3.8, 4) is 5.75 Å². The summed E-state index contributed by atoms with van der Waals surface area (Å²) in [6.45, 7) is 0. The molecule has 1 aromatic rings. The lowest BCUT2D eigenvalue weighted by atomic mass is 10.0. The SMILES string of the molecule is CN1C(=O)OC(c2ccc(O)cc2)C1C(=O)O. The lowest BCUT2D eigenvalue weighted by Crippen LogP contribution is -2.37. The predicted molar refractivity (Wildman–Crippen MR) is 56.5 cm³/mol. The number of carboxylic acid groups (broad SMARTS) is 1. The second-order valence-corrected chi connectivity index (χ2v) is 3.79. The van der Waals surface area contributed by atoms with Crippen molar-refractivity contribution in [3.63, 3.8) is 0 Å². The quantitative estimate of drug-likeness (QED) is 0.800. The maximum absolute atomic E-state index is 11.3. The molecule has 1 aliphatic heterocycles. The van der Waals surface area contributed by atoms with E-state index in [4.69, 9.17) is 14.9 Å². The van der Waals surface area contributed by atoms with Gasteiger partial charge in [-0.05, 0) is 17.7 Å². The smallest absolute Gasteiger partial charge is 0.411 e. The molecule has 0 radical (unpaired) electrons. The number of carboxylic acids is 1. The van der Waals surface area contributed by atoms with E-state index in [2.05, 4.69) is 0 Å². The van der Waals surface area contributed by atoms with Crippen LogP contribution in [-0.2, 0) is 9.53 Å². The molecular weight excluding hydrogens is 226 g/mol. The van der Waals surface area contributed by atoms with Crippen molar-refractivity contribution in [2.24, 2.45) is 0 Å². The zero-order valence-corrected chi connectivity index (χ0v) is 9.03. The Kier molecular flexibility index (Phi) is 2.63. The van der Waals surface area contributed by atoms with Crippen LogP contribution in [0.3, 0.4) is 0 Å². The molecule has 1 heterocycles. The molecule has 0 saturated carbocycles. The predicted octanol–water partition coefficient (Wildman–Crippen LogP) is 0.969. The molecular formula is C11H11NO5. The number of aliphatic carboxylic acids is 1. The highest BCUT2D eigenvalue weighted by molar-refractivity contribution is 5.84. The van der Waals surface area contributed by atoms with Gasteiger partial charge < -0.3 is 14.9 Å². The van der Waals surface area contributed by atoms with Crippen molar-refractivity contribution >= 4 is 12.1 Å². The van der Waals surface area contributed by atoms with Gasteiger partial charge in [0.05, 0.1) is 0 Å². The van der Waals surface area contributed by atoms with Gasteiger partial charge in [0, 0.05) is 7.05 Å². The van der Waals surface area contributed by atoms with Gasteiger partial charge in [0.2, 0.25) is 0 Å². The largest absolute Gasteiger partial charge is 0.508 e. The van der Waals surface area contributed by atoms with Crippen LogP contribution in [-0.4, -0.2) is 40.3 Å². The molecule has 2 unspecified atom stereocenters. The van der Waals surface area contributed by atoms with Gasteiger partial charge in [-0.2, -0.15) is 0 Å². The van der Waals surface area contributed by atoms with Crippen molar-refractivity contribution < 1.29 is 24.5 Å². The summed E-state index contributed by atoms with van der Waals surface area (Å²) < 4.78 is 5.00. The number of rotatable bonds is 2. The first kappa shape index (κ1) is 11.3. The van der Waals surface area contributed by atoms with Gasteiger partial charge in [0.1, 0.15) is 5.75 Å². The Hall–Kier alpha value is -2.24. The van der Waals surface area contributed by atoms with E-state index in [0.29, 0.717) is 5.56 Å². The number of ether oxygens (including phenoxy) is 1. The van der Waals surface area contributed by atoms with Crippen molar-refractivity contribution in [2.75, 3.05) is 7.05 Å². The fraction of sp³-hybridized carbons (Fsp3) is 0.273. The van der Waals surface area contributed by atoms with Crippen LogP contribution < -0.4 is 0 Å². The fourth-order valence-electron chi connectivity index (χ4n) is 1.78. The Labute approximate surface area is 97.0 Å². The molecule has 1 aliphatic rings. The average molecular weight is 237 g/mol. The van der Waals surface area contributed by atoms with Crippen molar-refractivity contribution in [3.05, 3.63) is 29.8 Å². The van der Waals surface area contributed by atoms with E-state index in [1.165, 1.54) is 31.3 Å². The Morgan fingerprint density at radius 3 is 2.47 bits per heavy atom. The first-order valence-corrected chi connectivity index (χ1v) is 4.96. The minimum Gasteiger partial charge on any atom is -0.508 e. The minimum absolute atomic E-state index is 0.0679. The van der Waals surface area contributed by atoms with Gasteiger partial charge in [-0.25, -0.2) is 9.59 Å². The van der Waals surface area contributed by atoms with E-state index < -0.39 is 24.2 Å². The Morgan fingerprint density at radius 1 is 1.35 bits per heavy atom. The topological polar surface area (TPSA) is 87.1 Å². The Morgan fingerprint density at radius 2 is 1.94 bits per heavy atom. The van der Waals surface area contributed by atoms with Crippen LogP contribution in [0.15, 0.2) is 24.3 Å². The zero-order chi connectivity index (χ0) is 12.6. The number of hydrogen-bond acceptors (Lipinski definition) is 4. The highest BCUT2D eigenvalue weighted by atomic mass is 16.6. The molecule has 1 amide bonds. The molecule has 6 heteroatoms. The summed E-state index contributed by atoms with van der Waals surface area (Å²) in [5.41, 5.74) is 0.535. The standard InChI is InChI=1S/C11H11NO5/c1-12-8(10(14)15)9(17-11(12)16)6-2-4-7(13)5-3-6/h2-5,8-9,13H,1H3,(H,14,15). The number of nitrogens with zero attached hydrogens (tertiary/aromatic N) is 1. The zero-order valence-electron chi connectivity index (χ0n) is 9.03. The van der Waals surface area contributed by atoms with E-state index in [9.17, 15) is 9.59 Å². The number of carbonyl (C=O) groups is 2. The second kappa shape index (κ2) is 3.97. The molecule has 1 aromatic carbocycles. The van der Waals surface area contributed by atoms with Crippen molar-refractivity contribution in [2.45, 2.75) is 12.1 Å². The number of likely N-dealkylation sites (N-methyl/N-ethyl adjacent to an activating group) is 1. The highest BCUT2D eigenvalue weighted by Gasteiger charge is 2.45. The number of phenolic OH excluding ortho intramolecular Hbond substituents is 1. The number of cyclic esters (lactones) is 1. The number of phenols is 1. The first-order chi connectivity index (χ1) is 8.00. The van der Waals surface area contributed by atoms with Gasteiger partial charge in [-0.15, -0.1) is 0 Å². The van der Waals surface area contributed by atoms with Gasteiger partial charge in [-0.3, -0.25) is 4.90 Å². The summed E-state index contributed by atoms with van der Waals surface area (Å²) in [5, 5.41) is 18.2. The van der Waals surface area contributed by atoms with E-state index in [0.717, 1.165) is 4.90 Å². The van der Waals surface area contributed by atoms with Crippen LogP contribution in [0.5, 0.6) is 5.75 Å². The molecule has 0 aliphatic carbocycles. The molecule has 6 nitrogen and oxygen atoms in total. The van der Waals surface area contributed by atoms with E-state index >= 15 is 0 Å². The summed E-state index contributed by atoms with van der Waals surface area (Å²) in [7, 11) is 1.38. The van der Waals surface area contributed by atoms with Crippen LogP contribution in [0, 0.1) is 0 Å². The summed E-state index contributed by atoms with van der Waals surface area (Å²) >= 11 is 0. The molecule has 2 rings (SSSR count). The number of carbonyl (C=O) groups excluding carboxylic acids is 1. The first-order valence-electron chi connectivity index (χ1n) is 4.96. The lowest BCUT2D eigenvalue weighted by molar-refractivity contribution is -0.142. The van der Waals surface area contributed by atoms with Gasteiger partial charge in [0.15, 0.2) is 12.1 Å². The Balaban J connectivity index is 2.34. The summed E-state index contributed by atoms with van der Waals surface area (Å²) in [6, 6.07) is 4.85. The Bertz CT molecular complexity index is 455. The average Bonchev–Trinajstić information content (AvgIpc) is 2.56. The molecule has 0 aromatic heterocycles. The highest BCUT2D eigenvalue weighted by Crippen LogP contribution is 2.32. The molecule has 2 atom stereocenters. The van der Waals surface area contributed by atoms with Crippen LogP contribution in [0.4, 0.5) is 4.79 Å². The third kappa shape index (κ3) is 1.89. The third-order valence-corrected chi connectivity index (χ3v) is 2.69. The van der Waals surface area contributed by atoms with E-state index in [-0.39, 0.29) is 5.75 Å². The van der Waals surface area contributed by atoms with Crippen LogP contribution >= 0.6 is 0 Å². The van der Waals surface area contributed by atoms with Crippen molar-refractivity contribution in [1.82, 2.24) is 4.90 Å². The van der Waals surface area contributed by atoms with Gasteiger partial charge in [0.25, 0.3) is 0 Å². The fourth-order valence-corrected chi connectivity index (χ4v) is 1.78. The van der Waals surface area contributed by atoms with Gasteiger partial charge in [-0.1, -0.05) is 12.1 Å². The summed E-state index contributed by atoms with van der Waals surface area (Å²) in [4.78, 5) is 23.5. The van der Waals surface area contributed by atoms with E-state index in [1.54, 1.807) is 0 Å². The summed E-state index contributed by atoms with van der Waals surface area (Å²) in [6.07, 6.45) is -1.53. The van der Waals surface area contributed by atoms with Crippen molar-refractivity contribution in [1.29, 1.82) is 0 Å². The molecule has 1 fully saturated rings. The molecule has 1 saturated heterocycles. The lowest BCUT2D eigenvalue weighted by Gasteiger charge is -2.16. The molecule has 90 valence electrons. The second-order valence-electron chi connectivity index (χ2n) is 3.79. The molecule has 17 heavy (non-hydrogen) atoms. The maximum Gasteiger partial charge on any atom is 0.411 e. The number of hydrogen-bond donors (Lipinski definition) is 2. The van der Waals surface area contributed by atoms with Crippen LogP contribution in [0.1, 0.15) is 11.7 Å². The van der Waals surface area contributed by atoms with Gasteiger partial charge >= 0.3 is 12.1 Å². The monoisotopic (exact) mass is 237 g/mol. The molecule has 0 bridgehead atoms. The van der Waals surface area contributed by atoms with Crippen LogP contribution in [0.25, 0.3) is 0 Å². The number of aromatic hydroxyl groups is 1. The molecule has 0 spiro atoms. The number of benzene rings is 1.